The normalized spacial score (nSPS) is 4.00. The molecule has 0 radical (unpaired) electrons. The van der Waals surface area contributed by atoms with Crippen molar-refractivity contribution in [1.29, 1.82) is 0 Å². The first-order valence-corrected chi connectivity index (χ1v) is 1.19. The number of rotatable bonds is 1. The van der Waals surface area contributed by atoms with Crippen LogP contribution in [0.15, 0.2) is 12.7 Å². The maximum Gasteiger partial charge on any atom is 2.00 e. The fourth-order valence-corrected chi connectivity index (χ4v) is 0. The molecule has 0 bridgehead atoms. The van der Waals surface area contributed by atoms with Crippen LogP contribution in [0.3, 0.4) is 0 Å². The average Bonchev–Trinajstić information content (AvgIpc) is 1.38. The summed E-state index contributed by atoms with van der Waals surface area (Å²) in [6, 6.07) is 0. The zero-order valence-corrected chi connectivity index (χ0v) is 6.58. The molecule has 0 aliphatic carbocycles. The monoisotopic (exact) mass is 145 g/mol. The van der Waals surface area contributed by atoms with E-state index in [9.17, 15) is 4.79 Å². The third-order valence-electron chi connectivity index (χ3n) is 0.201. The van der Waals surface area contributed by atoms with Gasteiger partial charge in [0.15, 0.2) is 0 Å². The molecule has 0 aromatic carbocycles. The van der Waals surface area contributed by atoms with Gasteiger partial charge >= 0.3 is 37.7 Å². The van der Waals surface area contributed by atoms with Crippen LogP contribution in [0, 0.1) is 0 Å². The van der Waals surface area contributed by atoms with Gasteiger partial charge in [-0.25, -0.2) is 0 Å². The molecule has 44 valence electrons. The van der Waals surface area contributed by atoms with E-state index in [1.807, 2.05) is 0 Å². The standard InChI is InChI=1S/C3H5NO.Ca.2H2O/c1-2-3(4)5;;;/h2H,1H2,(H2,4,5);;2*1H2/q;+2;;/p-2. The average molecular weight is 145 g/mol. The maximum atomic E-state index is 9.47. The summed E-state index contributed by atoms with van der Waals surface area (Å²) in [4.78, 5) is 9.47. The van der Waals surface area contributed by atoms with Crippen molar-refractivity contribution < 1.29 is 15.7 Å². The molecule has 0 aliphatic heterocycles. The van der Waals surface area contributed by atoms with Crippen molar-refractivity contribution in [3.05, 3.63) is 12.7 Å². The summed E-state index contributed by atoms with van der Waals surface area (Å²) in [6.07, 6.45) is 1.06. The molecule has 5 heteroatoms. The quantitative estimate of drug-likeness (QED) is 0.375. The van der Waals surface area contributed by atoms with Gasteiger partial charge in [-0.3, -0.25) is 4.79 Å². The van der Waals surface area contributed by atoms with Gasteiger partial charge in [-0.05, 0) is 6.08 Å². The molecule has 8 heavy (non-hydrogen) atoms. The molecule has 1 amide bonds. The molecule has 0 atom stereocenters. The first-order valence-electron chi connectivity index (χ1n) is 1.19. The van der Waals surface area contributed by atoms with Gasteiger partial charge in [0, 0.05) is 0 Å². The fourth-order valence-electron chi connectivity index (χ4n) is 0. The second-order valence-corrected chi connectivity index (χ2v) is 0.606. The van der Waals surface area contributed by atoms with Crippen LogP contribution in [0.2, 0.25) is 0 Å². The number of hydrogen-bond acceptors (Lipinski definition) is 3. The van der Waals surface area contributed by atoms with Crippen LogP contribution < -0.4 is 5.73 Å². The van der Waals surface area contributed by atoms with Crippen LogP contribution >= 0.6 is 0 Å². The van der Waals surface area contributed by atoms with Crippen LogP contribution in [0.25, 0.3) is 0 Å². The van der Waals surface area contributed by atoms with E-state index in [2.05, 4.69) is 12.3 Å². The molecular formula is C3H7CaNO3. The van der Waals surface area contributed by atoms with Crippen molar-refractivity contribution in [3.63, 3.8) is 0 Å². The van der Waals surface area contributed by atoms with E-state index in [-0.39, 0.29) is 48.7 Å². The van der Waals surface area contributed by atoms with Gasteiger partial charge in [-0.2, -0.15) is 0 Å². The van der Waals surface area contributed by atoms with Gasteiger partial charge in [0.05, 0.1) is 0 Å². The first-order chi connectivity index (χ1) is 2.27. The summed E-state index contributed by atoms with van der Waals surface area (Å²) in [5, 5.41) is 0. The Bertz CT molecular complexity index is 65.5. The molecule has 0 aromatic rings. The molecule has 0 unspecified atom stereocenters. The van der Waals surface area contributed by atoms with Crippen molar-refractivity contribution in [3.8, 4) is 0 Å². The molecule has 0 aliphatic rings. The predicted molar refractivity (Wildman–Crippen MR) is 29.0 cm³/mol. The minimum Gasteiger partial charge on any atom is -0.870 e. The summed E-state index contributed by atoms with van der Waals surface area (Å²) < 4.78 is 0. The minimum absolute atomic E-state index is 0. The van der Waals surface area contributed by atoms with Gasteiger partial charge in [0.2, 0.25) is 5.91 Å². The van der Waals surface area contributed by atoms with Crippen LogP contribution in [0.1, 0.15) is 0 Å². The molecule has 0 fully saturated rings. The van der Waals surface area contributed by atoms with Gasteiger partial charge < -0.3 is 16.7 Å². The Morgan fingerprint density at radius 1 is 1.50 bits per heavy atom. The number of carbonyl (C=O) groups excluding carboxylic acids is 1. The third-order valence-corrected chi connectivity index (χ3v) is 0.201. The smallest absolute Gasteiger partial charge is 0.870 e. The number of hydrogen-bond donors (Lipinski definition) is 1. The van der Waals surface area contributed by atoms with Crippen molar-refractivity contribution in [2.75, 3.05) is 0 Å². The summed E-state index contributed by atoms with van der Waals surface area (Å²) in [7, 11) is 0. The molecule has 0 saturated heterocycles. The minimum atomic E-state index is -0.481. The van der Waals surface area contributed by atoms with Gasteiger partial charge in [0.1, 0.15) is 0 Å². The predicted octanol–water partition coefficient (Wildman–Crippen LogP) is -1.08. The van der Waals surface area contributed by atoms with Crippen LogP contribution in [0.5, 0.6) is 0 Å². The van der Waals surface area contributed by atoms with E-state index in [1.54, 1.807) is 0 Å². The maximum absolute atomic E-state index is 9.47. The molecule has 0 saturated carbocycles. The Kier molecular flexibility index (Phi) is 46.5. The van der Waals surface area contributed by atoms with Crippen LogP contribution in [-0.4, -0.2) is 54.6 Å². The second-order valence-electron chi connectivity index (χ2n) is 0.606. The van der Waals surface area contributed by atoms with E-state index in [4.69, 9.17) is 0 Å². The molecule has 4 N–H and O–H groups in total. The van der Waals surface area contributed by atoms with Gasteiger partial charge in [-0.15, -0.1) is 0 Å². The molecule has 4 nitrogen and oxygen atoms in total. The Morgan fingerprint density at radius 2 is 1.62 bits per heavy atom. The van der Waals surface area contributed by atoms with Gasteiger partial charge in [-0.1, -0.05) is 6.58 Å². The summed E-state index contributed by atoms with van der Waals surface area (Å²) in [5.41, 5.74) is 4.53. The number of nitrogens with two attached hydrogens (primary N) is 1. The number of carbonyl (C=O) groups is 1. The molecular weight excluding hydrogens is 138 g/mol. The van der Waals surface area contributed by atoms with Crippen molar-refractivity contribution in [2.45, 2.75) is 0 Å². The van der Waals surface area contributed by atoms with Crippen LogP contribution in [-0.2, 0) is 4.79 Å². The zero-order chi connectivity index (χ0) is 4.28. The zero-order valence-electron chi connectivity index (χ0n) is 4.37. The Hall–Kier alpha value is 0.390. The molecule has 0 aromatic heterocycles. The van der Waals surface area contributed by atoms with Gasteiger partial charge in [0.25, 0.3) is 0 Å². The molecule has 0 rings (SSSR count). The van der Waals surface area contributed by atoms with Crippen LogP contribution in [0.4, 0.5) is 0 Å². The third kappa shape index (κ3) is 32.5. The fraction of sp³-hybridized carbons (Fsp3) is 0. The first kappa shape index (κ1) is 23.8. The van der Waals surface area contributed by atoms with Crippen molar-refractivity contribution >= 4 is 43.6 Å². The molecule has 0 spiro atoms. The SMILES string of the molecule is C=CC(N)=O.[Ca+2].[OH-].[OH-]. The van der Waals surface area contributed by atoms with E-state index in [0.29, 0.717) is 0 Å². The number of primary amides is 1. The summed E-state index contributed by atoms with van der Waals surface area (Å²) in [5.74, 6) is -0.481. The van der Waals surface area contributed by atoms with Crippen molar-refractivity contribution in [1.82, 2.24) is 0 Å². The Morgan fingerprint density at radius 3 is 1.62 bits per heavy atom. The number of amides is 1. The van der Waals surface area contributed by atoms with E-state index >= 15 is 0 Å². The van der Waals surface area contributed by atoms with Crippen molar-refractivity contribution in [2.24, 2.45) is 5.73 Å². The van der Waals surface area contributed by atoms with E-state index in [0.717, 1.165) is 6.08 Å². The van der Waals surface area contributed by atoms with E-state index in [1.165, 1.54) is 0 Å². The Balaban J connectivity index is -0.0000000267. The van der Waals surface area contributed by atoms with E-state index < -0.39 is 5.91 Å². The largest absolute Gasteiger partial charge is 2.00 e. The topological polar surface area (TPSA) is 103 Å². The summed E-state index contributed by atoms with van der Waals surface area (Å²) in [6.45, 7) is 3.09. The Labute approximate surface area is 77.4 Å². The second kappa shape index (κ2) is 15.7. The summed E-state index contributed by atoms with van der Waals surface area (Å²) >= 11 is 0. The molecule has 0 heterocycles.